The van der Waals surface area contributed by atoms with Crippen LogP contribution < -0.4 is 4.74 Å². The molecule has 1 fully saturated rings. The van der Waals surface area contributed by atoms with Gasteiger partial charge in [-0.2, -0.15) is 5.26 Å². The standard InChI is InChI=1S/C16H23N3O/c1-18(2)15-6-8-19(9-7-15)12-13-4-5-14(11-17)16(10-13)20-3/h4-5,10,15H,6-9,12H2,1-3H3. The molecule has 4 heteroatoms. The Bertz CT molecular complexity index is 485. The number of benzene rings is 1. The van der Waals surface area contributed by atoms with Crippen LogP contribution in [0.3, 0.4) is 0 Å². The molecule has 1 aliphatic rings. The summed E-state index contributed by atoms with van der Waals surface area (Å²) in [5.74, 6) is 0.674. The second-order valence-corrected chi connectivity index (χ2v) is 5.62. The summed E-state index contributed by atoms with van der Waals surface area (Å²) in [5, 5.41) is 9.00. The number of hydrogen-bond acceptors (Lipinski definition) is 4. The van der Waals surface area contributed by atoms with Crippen molar-refractivity contribution in [3.63, 3.8) is 0 Å². The first-order chi connectivity index (χ1) is 9.63. The Hall–Kier alpha value is -1.57. The van der Waals surface area contributed by atoms with Crippen molar-refractivity contribution in [3.05, 3.63) is 29.3 Å². The zero-order valence-corrected chi connectivity index (χ0v) is 12.6. The molecular formula is C16H23N3O. The molecule has 4 nitrogen and oxygen atoms in total. The van der Waals surface area contributed by atoms with E-state index in [1.807, 2.05) is 18.2 Å². The molecule has 108 valence electrons. The number of nitrogens with zero attached hydrogens (tertiary/aromatic N) is 3. The first kappa shape index (κ1) is 14.8. The van der Waals surface area contributed by atoms with Crippen molar-refractivity contribution >= 4 is 0 Å². The third-order valence-corrected chi connectivity index (χ3v) is 4.08. The number of hydrogen-bond donors (Lipinski definition) is 0. The molecule has 0 unspecified atom stereocenters. The fraction of sp³-hybridized carbons (Fsp3) is 0.562. The normalized spacial score (nSPS) is 17.1. The van der Waals surface area contributed by atoms with Gasteiger partial charge in [-0.15, -0.1) is 0 Å². The van der Waals surface area contributed by atoms with Crippen LogP contribution in [0, 0.1) is 11.3 Å². The highest BCUT2D eigenvalue weighted by molar-refractivity contribution is 5.45. The summed E-state index contributed by atoms with van der Waals surface area (Å²) in [7, 11) is 5.93. The Balaban J connectivity index is 1.96. The number of piperidine rings is 1. The second kappa shape index (κ2) is 6.74. The van der Waals surface area contributed by atoms with Crippen molar-refractivity contribution in [1.29, 1.82) is 5.26 Å². The van der Waals surface area contributed by atoms with E-state index < -0.39 is 0 Å². The molecule has 1 aromatic rings. The lowest BCUT2D eigenvalue weighted by Gasteiger charge is -2.35. The summed E-state index contributed by atoms with van der Waals surface area (Å²) in [6.45, 7) is 3.19. The van der Waals surface area contributed by atoms with Gasteiger partial charge < -0.3 is 9.64 Å². The van der Waals surface area contributed by atoms with Crippen LogP contribution in [-0.4, -0.2) is 50.1 Å². The summed E-state index contributed by atoms with van der Waals surface area (Å²) >= 11 is 0. The first-order valence-corrected chi connectivity index (χ1v) is 7.10. The number of rotatable bonds is 4. The van der Waals surface area contributed by atoms with Crippen molar-refractivity contribution < 1.29 is 4.74 Å². The Kier molecular flexibility index (Phi) is 4.99. The van der Waals surface area contributed by atoms with Gasteiger partial charge in [0.1, 0.15) is 11.8 Å². The summed E-state index contributed by atoms with van der Waals surface area (Å²) < 4.78 is 5.27. The molecule has 0 atom stereocenters. The van der Waals surface area contributed by atoms with Crippen molar-refractivity contribution in [2.75, 3.05) is 34.3 Å². The van der Waals surface area contributed by atoms with E-state index in [1.54, 1.807) is 7.11 Å². The number of ether oxygens (including phenoxy) is 1. The highest BCUT2D eigenvalue weighted by Crippen LogP contribution is 2.22. The van der Waals surface area contributed by atoms with Crippen molar-refractivity contribution in [2.24, 2.45) is 0 Å². The van der Waals surface area contributed by atoms with Crippen molar-refractivity contribution in [3.8, 4) is 11.8 Å². The second-order valence-electron chi connectivity index (χ2n) is 5.62. The average molecular weight is 273 g/mol. The minimum Gasteiger partial charge on any atom is -0.495 e. The number of methoxy groups -OCH3 is 1. The van der Waals surface area contributed by atoms with E-state index >= 15 is 0 Å². The van der Waals surface area contributed by atoms with E-state index in [-0.39, 0.29) is 0 Å². The van der Waals surface area contributed by atoms with Gasteiger partial charge in [-0.3, -0.25) is 4.90 Å². The summed E-state index contributed by atoms with van der Waals surface area (Å²) in [6, 6.07) is 8.72. The van der Waals surface area contributed by atoms with Crippen LogP contribution in [0.15, 0.2) is 18.2 Å². The molecule has 1 aliphatic heterocycles. The van der Waals surface area contributed by atoms with Gasteiger partial charge in [0.25, 0.3) is 0 Å². The van der Waals surface area contributed by atoms with Gasteiger partial charge in [-0.1, -0.05) is 6.07 Å². The maximum absolute atomic E-state index is 9.00. The lowest BCUT2D eigenvalue weighted by Crippen LogP contribution is -2.41. The highest BCUT2D eigenvalue weighted by atomic mass is 16.5. The van der Waals surface area contributed by atoms with Crippen LogP contribution in [0.25, 0.3) is 0 Å². The van der Waals surface area contributed by atoms with Gasteiger partial charge >= 0.3 is 0 Å². The predicted octanol–water partition coefficient (Wildman–Crippen LogP) is 2.09. The fourth-order valence-corrected chi connectivity index (χ4v) is 2.78. The topological polar surface area (TPSA) is 39.5 Å². The third-order valence-electron chi connectivity index (χ3n) is 4.08. The van der Waals surface area contributed by atoms with E-state index in [2.05, 4.69) is 30.0 Å². The predicted molar refractivity (Wildman–Crippen MR) is 79.7 cm³/mol. The minimum absolute atomic E-state index is 0.600. The molecule has 0 amide bonds. The Morgan fingerprint density at radius 1 is 1.35 bits per heavy atom. The molecule has 0 radical (unpaired) electrons. The molecule has 2 rings (SSSR count). The summed E-state index contributed by atoms with van der Waals surface area (Å²) in [6.07, 6.45) is 2.45. The third kappa shape index (κ3) is 3.50. The van der Waals surface area contributed by atoms with Crippen LogP contribution in [0.4, 0.5) is 0 Å². The SMILES string of the molecule is COc1cc(CN2CCC(N(C)C)CC2)ccc1C#N. The van der Waals surface area contributed by atoms with Crippen LogP contribution in [-0.2, 0) is 6.54 Å². The summed E-state index contributed by atoms with van der Waals surface area (Å²) in [4.78, 5) is 4.79. The van der Waals surface area contributed by atoms with Gasteiger partial charge in [0.15, 0.2) is 0 Å². The van der Waals surface area contributed by atoms with Crippen LogP contribution in [0.1, 0.15) is 24.0 Å². The molecule has 0 bridgehead atoms. The smallest absolute Gasteiger partial charge is 0.136 e. The fourth-order valence-electron chi connectivity index (χ4n) is 2.78. The van der Waals surface area contributed by atoms with Gasteiger partial charge in [0.2, 0.25) is 0 Å². The minimum atomic E-state index is 0.600. The Morgan fingerprint density at radius 2 is 2.05 bits per heavy atom. The Morgan fingerprint density at radius 3 is 2.60 bits per heavy atom. The maximum Gasteiger partial charge on any atom is 0.136 e. The number of nitriles is 1. The largest absolute Gasteiger partial charge is 0.495 e. The molecule has 0 saturated carbocycles. The first-order valence-electron chi connectivity index (χ1n) is 7.10. The van der Waals surface area contributed by atoms with Gasteiger partial charge in [0.05, 0.1) is 12.7 Å². The molecule has 1 aromatic carbocycles. The molecule has 0 aromatic heterocycles. The quantitative estimate of drug-likeness (QED) is 0.842. The van der Waals surface area contributed by atoms with Crippen LogP contribution in [0.2, 0.25) is 0 Å². The maximum atomic E-state index is 9.00. The molecule has 1 heterocycles. The van der Waals surface area contributed by atoms with E-state index in [4.69, 9.17) is 10.00 Å². The molecular weight excluding hydrogens is 250 g/mol. The van der Waals surface area contributed by atoms with E-state index in [0.717, 1.165) is 19.6 Å². The number of likely N-dealkylation sites (tertiary alicyclic amines) is 1. The highest BCUT2D eigenvalue weighted by Gasteiger charge is 2.20. The molecule has 1 saturated heterocycles. The molecule has 20 heavy (non-hydrogen) atoms. The van der Waals surface area contributed by atoms with E-state index in [0.29, 0.717) is 17.4 Å². The van der Waals surface area contributed by atoms with E-state index in [1.165, 1.54) is 18.4 Å². The lowest BCUT2D eigenvalue weighted by molar-refractivity contribution is 0.140. The Labute approximate surface area is 121 Å². The van der Waals surface area contributed by atoms with Gasteiger partial charge in [-0.25, -0.2) is 0 Å². The average Bonchev–Trinajstić information content (AvgIpc) is 2.47. The monoisotopic (exact) mass is 273 g/mol. The molecule has 0 spiro atoms. The summed E-state index contributed by atoms with van der Waals surface area (Å²) in [5.41, 5.74) is 1.81. The zero-order chi connectivity index (χ0) is 14.5. The van der Waals surface area contributed by atoms with Crippen molar-refractivity contribution in [2.45, 2.75) is 25.4 Å². The van der Waals surface area contributed by atoms with Crippen LogP contribution >= 0.6 is 0 Å². The van der Waals surface area contributed by atoms with Crippen LogP contribution in [0.5, 0.6) is 5.75 Å². The zero-order valence-electron chi connectivity index (χ0n) is 12.6. The van der Waals surface area contributed by atoms with Gasteiger partial charge in [-0.05, 0) is 57.7 Å². The van der Waals surface area contributed by atoms with Crippen molar-refractivity contribution in [1.82, 2.24) is 9.80 Å². The molecule has 0 N–H and O–H groups in total. The van der Waals surface area contributed by atoms with Gasteiger partial charge in [0, 0.05) is 12.6 Å². The molecule has 0 aliphatic carbocycles. The van der Waals surface area contributed by atoms with E-state index in [9.17, 15) is 0 Å². The lowest BCUT2D eigenvalue weighted by atomic mass is 10.0.